The molecule has 2 N–H and O–H groups in total. The fourth-order valence-electron chi connectivity index (χ4n) is 1.50. The smallest absolute Gasteiger partial charge is 0.0791 e. The van der Waals surface area contributed by atoms with Gasteiger partial charge in [-0.1, -0.05) is 5.92 Å². The standard InChI is InChI=1S/C12H17N3/c1-4-6-15(5-2)12-7-10(3)14-9-11(12)8-13/h1,7,9H,5-6,8,13H2,2-3H3. The normalized spacial score (nSPS) is 9.73. The Morgan fingerprint density at radius 2 is 2.33 bits per heavy atom. The molecule has 0 aromatic carbocycles. The number of aryl methyl sites for hydroxylation is 1. The third-order valence-corrected chi connectivity index (χ3v) is 2.32. The Balaban J connectivity index is 3.09. The van der Waals surface area contributed by atoms with E-state index in [-0.39, 0.29) is 0 Å². The van der Waals surface area contributed by atoms with Gasteiger partial charge in [-0.15, -0.1) is 6.42 Å². The molecule has 15 heavy (non-hydrogen) atoms. The van der Waals surface area contributed by atoms with Crippen LogP contribution in [-0.4, -0.2) is 18.1 Å². The molecule has 0 amide bonds. The number of hydrogen-bond donors (Lipinski definition) is 1. The first kappa shape index (κ1) is 11.5. The summed E-state index contributed by atoms with van der Waals surface area (Å²) in [6.07, 6.45) is 7.16. The Hall–Kier alpha value is -1.53. The summed E-state index contributed by atoms with van der Waals surface area (Å²) in [5.74, 6) is 2.65. The van der Waals surface area contributed by atoms with Gasteiger partial charge in [-0.05, 0) is 19.9 Å². The average Bonchev–Trinajstić information content (AvgIpc) is 2.26. The average molecular weight is 203 g/mol. The van der Waals surface area contributed by atoms with Crippen LogP contribution in [-0.2, 0) is 6.54 Å². The maximum Gasteiger partial charge on any atom is 0.0791 e. The predicted octanol–water partition coefficient (Wildman–Crippen LogP) is 1.31. The lowest BCUT2D eigenvalue weighted by atomic mass is 10.2. The van der Waals surface area contributed by atoms with Gasteiger partial charge in [-0.25, -0.2) is 0 Å². The molecule has 0 aliphatic heterocycles. The van der Waals surface area contributed by atoms with E-state index < -0.39 is 0 Å². The summed E-state index contributed by atoms with van der Waals surface area (Å²) < 4.78 is 0. The summed E-state index contributed by atoms with van der Waals surface area (Å²) in [5, 5.41) is 0. The Bertz CT molecular complexity index is 366. The van der Waals surface area contributed by atoms with Crippen molar-refractivity contribution in [2.75, 3.05) is 18.0 Å². The summed E-state index contributed by atoms with van der Waals surface area (Å²) >= 11 is 0. The van der Waals surface area contributed by atoms with E-state index in [1.807, 2.05) is 19.2 Å². The van der Waals surface area contributed by atoms with Crippen LogP contribution in [0.3, 0.4) is 0 Å². The molecule has 1 rings (SSSR count). The molecule has 3 nitrogen and oxygen atoms in total. The number of nitrogens with two attached hydrogens (primary N) is 1. The van der Waals surface area contributed by atoms with Crippen LogP contribution in [0.4, 0.5) is 5.69 Å². The lowest BCUT2D eigenvalue weighted by molar-refractivity contribution is 0.890. The minimum Gasteiger partial charge on any atom is -0.360 e. The summed E-state index contributed by atoms with van der Waals surface area (Å²) in [7, 11) is 0. The fourth-order valence-corrected chi connectivity index (χ4v) is 1.50. The molecular formula is C12H17N3. The van der Waals surface area contributed by atoms with E-state index in [1.54, 1.807) is 0 Å². The molecule has 0 spiro atoms. The molecule has 0 aliphatic carbocycles. The van der Waals surface area contributed by atoms with Crippen LogP contribution in [0.2, 0.25) is 0 Å². The molecular weight excluding hydrogens is 186 g/mol. The molecule has 3 heteroatoms. The highest BCUT2D eigenvalue weighted by molar-refractivity contribution is 5.54. The highest BCUT2D eigenvalue weighted by Crippen LogP contribution is 2.19. The van der Waals surface area contributed by atoms with Crippen molar-refractivity contribution in [3.8, 4) is 12.3 Å². The van der Waals surface area contributed by atoms with Crippen LogP contribution in [0.1, 0.15) is 18.2 Å². The summed E-state index contributed by atoms with van der Waals surface area (Å²) in [6.45, 7) is 6.01. The van der Waals surface area contributed by atoms with Crippen molar-refractivity contribution in [1.29, 1.82) is 0 Å². The molecule has 0 saturated heterocycles. The largest absolute Gasteiger partial charge is 0.360 e. The molecule has 0 atom stereocenters. The molecule has 80 valence electrons. The summed E-state index contributed by atoms with van der Waals surface area (Å²) in [6, 6.07) is 2.03. The third kappa shape index (κ3) is 2.71. The van der Waals surface area contributed by atoms with Gasteiger partial charge in [-0.2, -0.15) is 0 Å². The van der Waals surface area contributed by atoms with Crippen molar-refractivity contribution in [2.24, 2.45) is 5.73 Å². The first-order chi connectivity index (χ1) is 7.22. The predicted molar refractivity (Wildman–Crippen MR) is 63.6 cm³/mol. The first-order valence-electron chi connectivity index (χ1n) is 5.07. The Kier molecular flexibility index (Phi) is 4.14. The first-order valence-corrected chi connectivity index (χ1v) is 5.07. The topological polar surface area (TPSA) is 42.2 Å². The summed E-state index contributed by atoms with van der Waals surface area (Å²) in [5.41, 5.74) is 8.80. The number of pyridine rings is 1. The quantitative estimate of drug-likeness (QED) is 0.750. The van der Waals surface area contributed by atoms with E-state index >= 15 is 0 Å². The van der Waals surface area contributed by atoms with Gasteiger partial charge in [0.1, 0.15) is 0 Å². The SMILES string of the molecule is C#CCN(CC)c1cc(C)ncc1CN. The van der Waals surface area contributed by atoms with Gasteiger partial charge in [0, 0.05) is 36.2 Å². The molecule has 0 fully saturated rings. The zero-order chi connectivity index (χ0) is 11.3. The minimum atomic E-state index is 0.490. The third-order valence-electron chi connectivity index (χ3n) is 2.32. The van der Waals surface area contributed by atoms with E-state index in [2.05, 4.69) is 22.7 Å². The van der Waals surface area contributed by atoms with Crippen LogP contribution >= 0.6 is 0 Å². The number of rotatable bonds is 4. The Morgan fingerprint density at radius 1 is 1.60 bits per heavy atom. The monoisotopic (exact) mass is 203 g/mol. The number of nitrogens with zero attached hydrogens (tertiary/aromatic N) is 2. The molecule has 0 radical (unpaired) electrons. The molecule has 1 heterocycles. The van der Waals surface area contributed by atoms with Gasteiger partial charge < -0.3 is 10.6 Å². The Morgan fingerprint density at radius 3 is 2.87 bits per heavy atom. The lowest BCUT2D eigenvalue weighted by Gasteiger charge is -2.23. The van der Waals surface area contributed by atoms with E-state index in [4.69, 9.17) is 12.2 Å². The van der Waals surface area contributed by atoms with Crippen molar-refractivity contribution < 1.29 is 0 Å². The second-order valence-electron chi connectivity index (χ2n) is 3.38. The number of aromatic nitrogens is 1. The molecule has 0 unspecified atom stereocenters. The van der Waals surface area contributed by atoms with Gasteiger partial charge in [0.15, 0.2) is 0 Å². The van der Waals surface area contributed by atoms with E-state index in [0.717, 1.165) is 23.5 Å². The van der Waals surface area contributed by atoms with Crippen molar-refractivity contribution in [1.82, 2.24) is 4.98 Å². The Labute approximate surface area is 91.3 Å². The molecule has 1 aromatic rings. The van der Waals surface area contributed by atoms with E-state index in [9.17, 15) is 0 Å². The lowest BCUT2D eigenvalue weighted by Crippen LogP contribution is -2.25. The van der Waals surface area contributed by atoms with E-state index in [1.165, 1.54) is 0 Å². The van der Waals surface area contributed by atoms with Crippen LogP contribution in [0.15, 0.2) is 12.3 Å². The number of terminal acetylenes is 1. The molecule has 0 bridgehead atoms. The van der Waals surface area contributed by atoms with Crippen molar-refractivity contribution in [2.45, 2.75) is 20.4 Å². The summed E-state index contributed by atoms with van der Waals surface area (Å²) in [4.78, 5) is 6.35. The second kappa shape index (κ2) is 5.38. The van der Waals surface area contributed by atoms with Crippen molar-refractivity contribution in [3.05, 3.63) is 23.5 Å². The van der Waals surface area contributed by atoms with Gasteiger partial charge in [0.05, 0.1) is 6.54 Å². The van der Waals surface area contributed by atoms with Gasteiger partial charge >= 0.3 is 0 Å². The van der Waals surface area contributed by atoms with Crippen molar-refractivity contribution >= 4 is 5.69 Å². The highest BCUT2D eigenvalue weighted by atomic mass is 15.1. The van der Waals surface area contributed by atoms with Gasteiger partial charge in [0.25, 0.3) is 0 Å². The second-order valence-corrected chi connectivity index (χ2v) is 3.38. The maximum absolute atomic E-state index is 5.67. The molecule has 0 saturated carbocycles. The minimum absolute atomic E-state index is 0.490. The van der Waals surface area contributed by atoms with Crippen LogP contribution in [0.25, 0.3) is 0 Å². The highest BCUT2D eigenvalue weighted by Gasteiger charge is 2.08. The van der Waals surface area contributed by atoms with Gasteiger partial charge in [0.2, 0.25) is 0 Å². The van der Waals surface area contributed by atoms with Crippen molar-refractivity contribution in [3.63, 3.8) is 0 Å². The van der Waals surface area contributed by atoms with Gasteiger partial charge in [-0.3, -0.25) is 4.98 Å². The van der Waals surface area contributed by atoms with Crippen LogP contribution < -0.4 is 10.6 Å². The van der Waals surface area contributed by atoms with E-state index in [0.29, 0.717) is 13.1 Å². The molecule has 0 aliphatic rings. The fraction of sp³-hybridized carbons (Fsp3) is 0.417. The molecule has 1 aromatic heterocycles. The van der Waals surface area contributed by atoms with Crippen LogP contribution in [0.5, 0.6) is 0 Å². The zero-order valence-electron chi connectivity index (χ0n) is 9.33. The maximum atomic E-state index is 5.67. The zero-order valence-corrected chi connectivity index (χ0v) is 9.33. The van der Waals surface area contributed by atoms with Crippen LogP contribution in [0, 0.1) is 19.3 Å². The number of anilines is 1. The number of hydrogen-bond acceptors (Lipinski definition) is 3.